The smallest absolute Gasteiger partial charge is 0.272 e. The molecular weight excluding hydrogens is 391 g/mol. The van der Waals surface area contributed by atoms with Crippen LogP contribution in [0.25, 0.3) is 6.08 Å². The average molecular weight is 405 g/mol. The van der Waals surface area contributed by atoms with Crippen LogP contribution in [-0.2, 0) is 18.1 Å². The number of halogens is 3. The van der Waals surface area contributed by atoms with E-state index in [1.54, 1.807) is 0 Å². The summed E-state index contributed by atoms with van der Waals surface area (Å²) in [7, 11) is 1.44. The van der Waals surface area contributed by atoms with Crippen molar-refractivity contribution in [2.24, 2.45) is 12.8 Å². The molecule has 1 aromatic carbocycles. The number of nitrogens with one attached hydrogen (secondary N) is 1. The van der Waals surface area contributed by atoms with Crippen LogP contribution in [0.4, 0.5) is 18.9 Å². The van der Waals surface area contributed by atoms with E-state index in [1.807, 2.05) is 0 Å². The first kappa shape index (κ1) is 20.2. The standard InChI is InChI=1S/C15H14F3N3O3S2/c1-21-6-11(26(23)24)8(2-3-12(19)25)14(21)15(22)20-7-4-9(16)13(18)10(17)5-7/h2-6,12,25H,19H2,1H3,(H,20,22)(H,23,24)/b3-2-. The number of carbonyl (C=O) groups is 1. The highest BCUT2D eigenvalue weighted by Crippen LogP contribution is 2.24. The first-order valence-electron chi connectivity index (χ1n) is 6.99. The molecule has 2 unspecified atom stereocenters. The number of aryl methyl sites for hydroxylation is 1. The van der Waals surface area contributed by atoms with Crippen molar-refractivity contribution >= 4 is 41.4 Å². The van der Waals surface area contributed by atoms with E-state index in [2.05, 4.69) is 17.9 Å². The molecule has 2 rings (SSSR count). The Balaban J connectivity index is 2.47. The molecule has 140 valence electrons. The summed E-state index contributed by atoms with van der Waals surface area (Å²) in [5.41, 5.74) is 5.17. The Morgan fingerprint density at radius 3 is 2.46 bits per heavy atom. The molecule has 0 aliphatic heterocycles. The predicted octanol–water partition coefficient (Wildman–Crippen LogP) is 2.50. The van der Waals surface area contributed by atoms with E-state index >= 15 is 0 Å². The molecule has 0 saturated carbocycles. The molecule has 1 heterocycles. The third-order valence-corrected chi connectivity index (χ3v) is 4.16. The lowest BCUT2D eigenvalue weighted by Gasteiger charge is -2.09. The zero-order chi connectivity index (χ0) is 19.6. The maximum atomic E-state index is 13.3. The molecule has 0 fully saturated rings. The van der Waals surface area contributed by atoms with Gasteiger partial charge in [-0.15, -0.1) is 0 Å². The van der Waals surface area contributed by atoms with E-state index in [4.69, 9.17) is 5.73 Å². The minimum absolute atomic E-state index is 0.0700. The molecule has 0 spiro atoms. The van der Waals surface area contributed by atoms with E-state index in [0.29, 0.717) is 12.1 Å². The molecule has 6 nitrogen and oxygen atoms in total. The van der Waals surface area contributed by atoms with Gasteiger partial charge in [0, 0.05) is 36.6 Å². The van der Waals surface area contributed by atoms with Gasteiger partial charge in [0.2, 0.25) is 0 Å². The summed E-state index contributed by atoms with van der Waals surface area (Å²) in [4.78, 5) is 12.4. The van der Waals surface area contributed by atoms with Crippen molar-refractivity contribution in [1.82, 2.24) is 4.57 Å². The average Bonchev–Trinajstić information content (AvgIpc) is 2.87. The molecule has 0 aliphatic rings. The summed E-state index contributed by atoms with van der Waals surface area (Å²) in [6.07, 6.45) is 3.96. The molecule has 26 heavy (non-hydrogen) atoms. The Morgan fingerprint density at radius 2 is 1.96 bits per heavy atom. The van der Waals surface area contributed by atoms with Crippen LogP contribution >= 0.6 is 12.6 Å². The number of hydrogen-bond donors (Lipinski definition) is 4. The van der Waals surface area contributed by atoms with Crippen molar-refractivity contribution in [2.45, 2.75) is 10.3 Å². The number of carbonyl (C=O) groups excluding carboxylic acids is 1. The summed E-state index contributed by atoms with van der Waals surface area (Å²) in [6, 6.07) is 1.23. The van der Waals surface area contributed by atoms with Crippen molar-refractivity contribution in [1.29, 1.82) is 0 Å². The maximum absolute atomic E-state index is 13.3. The lowest BCUT2D eigenvalue weighted by Crippen LogP contribution is -2.17. The lowest BCUT2D eigenvalue weighted by atomic mass is 10.2. The van der Waals surface area contributed by atoms with Gasteiger partial charge < -0.3 is 20.2 Å². The van der Waals surface area contributed by atoms with Gasteiger partial charge >= 0.3 is 0 Å². The highest BCUT2D eigenvalue weighted by Gasteiger charge is 2.22. The molecule has 0 radical (unpaired) electrons. The lowest BCUT2D eigenvalue weighted by molar-refractivity contribution is 0.101. The summed E-state index contributed by atoms with van der Waals surface area (Å²) in [5.74, 6) is -5.43. The van der Waals surface area contributed by atoms with Crippen LogP contribution < -0.4 is 11.1 Å². The molecular formula is C15H14F3N3O3S2. The van der Waals surface area contributed by atoms with Crippen LogP contribution in [-0.4, -0.2) is 24.6 Å². The molecule has 0 aliphatic carbocycles. The number of rotatable bonds is 5. The Kier molecular flexibility index (Phi) is 6.29. The first-order valence-corrected chi connectivity index (χ1v) is 8.62. The van der Waals surface area contributed by atoms with Crippen molar-refractivity contribution in [3.8, 4) is 0 Å². The number of nitrogens with zero attached hydrogens (tertiary/aromatic N) is 1. The summed E-state index contributed by atoms with van der Waals surface area (Å²) >= 11 is 1.54. The minimum Gasteiger partial charge on any atom is -0.345 e. The van der Waals surface area contributed by atoms with Crippen molar-refractivity contribution in [3.63, 3.8) is 0 Å². The number of hydrogen-bond acceptors (Lipinski definition) is 4. The summed E-state index contributed by atoms with van der Waals surface area (Å²) in [6.45, 7) is 0. The van der Waals surface area contributed by atoms with Gasteiger partial charge in [-0.1, -0.05) is 12.2 Å². The van der Waals surface area contributed by atoms with Gasteiger partial charge in [0.1, 0.15) is 5.69 Å². The SMILES string of the molecule is Cn1cc(S(=O)O)c(/C=C\C(N)S)c1C(=O)Nc1cc(F)c(F)c(F)c1. The largest absolute Gasteiger partial charge is 0.345 e. The first-order chi connectivity index (χ1) is 12.1. The Labute approximate surface area is 154 Å². The zero-order valence-corrected chi connectivity index (χ0v) is 15.0. The fourth-order valence-electron chi connectivity index (χ4n) is 2.21. The molecule has 0 saturated heterocycles. The summed E-state index contributed by atoms with van der Waals surface area (Å²) in [5, 5.41) is 1.53. The molecule has 1 amide bonds. The normalized spacial score (nSPS) is 13.8. The van der Waals surface area contributed by atoms with Crippen LogP contribution in [0.3, 0.4) is 0 Å². The van der Waals surface area contributed by atoms with Gasteiger partial charge in [-0.05, 0) is 0 Å². The minimum atomic E-state index is -2.41. The van der Waals surface area contributed by atoms with Crippen LogP contribution in [0, 0.1) is 17.5 Å². The predicted molar refractivity (Wildman–Crippen MR) is 94.7 cm³/mol. The highest BCUT2D eigenvalue weighted by atomic mass is 32.2. The van der Waals surface area contributed by atoms with Crippen LogP contribution in [0.1, 0.15) is 16.1 Å². The van der Waals surface area contributed by atoms with E-state index in [9.17, 15) is 26.7 Å². The second kappa shape index (κ2) is 8.08. The third-order valence-electron chi connectivity index (χ3n) is 3.29. The molecule has 2 aromatic rings. The van der Waals surface area contributed by atoms with E-state index in [-0.39, 0.29) is 21.8 Å². The molecule has 0 bridgehead atoms. The van der Waals surface area contributed by atoms with Gasteiger partial charge in [0.15, 0.2) is 28.5 Å². The number of nitrogens with two attached hydrogens (primary N) is 1. The topological polar surface area (TPSA) is 97.3 Å². The fraction of sp³-hybridized carbons (Fsp3) is 0.133. The van der Waals surface area contributed by atoms with Crippen molar-refractivity contribution in [3.05, 3.63) is 53.1 Å². The quantitative estimate of drug-likeness (QED) is 0.266. The second-order valence-corrected chi connectivity index (χ2v) is 6.71. The van der Waals surface area contributed by atoms with Crippen molar-refractivity contribution in [2.75, 3.05) is 5.32 Å². The van der Waals surface area contributed by atoms with Crippen molar-refractivity contribution < 1.29 is 26.7 Å². The zero-order valence-electron chi connectivity index (χ0n) is 13.2. The molecule has 11 heteroatoms. The summed E-state index contributed by atoms with van der Waals surface area (Å²) < 4.78 is 61.7. The maximum Gasteiger partial charge on any atom is 0.272 e. The number of aromatic nitrogens is 1. The van der Waals surface area contributed by atoms with Gasteiger partial charge in [0.05, 0.1) is 10.3 Å². The number of amides is 1. The van der Waals surface area contributed by atoms with Crippen LogP contribution in [0.5, 0.6) is 0 Å². The van der Waals surface area contributed by atoms with Gasteiger partial charge in [-0.3, -0.25) is 4.79 Å². The molecule has 1 aromatic heterocycles. The number of anilines is 1. The van der Waals surface area contributed by atoms with Gasteiger partial charge in [-0.25, -0.2) is 17.4 Å². The Morgan fingerprint density at radius 1 is 1.38 bits per heavy atom. The van der Waals surface area contributed by atoms with Crippen LogP contribution in [0.2, 0.25) is 0 Å². The number of thiol groups is 1. The third kappa shape index (κ3) is 4.36. The monoisotopic (exact) mass is 405 g/mol. The second-order valence-electron chi connectivity index (χ2n) is 5.17. The van der Waals surface area contributed by atoms with Gasteiger partial charge in [-0.2, -0.15) is 12.6 Å². The number of benzene rings is 1. The highest BCUT2D eigenvalue weighted by molar-refractivity contribution is 7.81. The Bertz CT molecular complexity index is 890. The van der Waals surface area contributed by atoms with Gasteiger partial charge in [0.25, 0.3) is 5.91 Å². The fourth-order valence-corrected chi connectivity index (χ4v) is 2.90. The van der Waals surface area contributed by atoms with E-state index in [1.165, 1.54) is 30.0 Å². The molecule has 2 atom stereocenters. The van der Waals surface area contributed by atoms with E-state index in [0.717, 1.165) is 0 Å². The Hall–Kier alpha value is -2.08. The molecule has 4 N–H and O–H groups in total. The van der Waals surface area contributed by atoms with Crippen LogP contribution in [0.15, 0.2) is 29.3 Å². The van der Waals surface area contributed by atoms with E-state index < -0.39 is 39.8 Å².